The molecule has 3 N–H and O–H groups in total. The minimum absolute atomic E-state index is 0.0474. The van der Waals surface area contributed by atoms with Gasteiger partial charge in [0.15, 0.2) is 0 Å². The van der Waals surface area contributed by atoms with Gasteiger partial charge >= 0.3 is 0 Å². The first-order valence-corrected chi connectivity index (χ1v) is 10.1. The molecule has 0 unspecified atom stereocenters. The molecule has 0 aliphatic carbocycles. The third-order valence-corrected chi connectivity index (χ3v) is 6.33. The van der Waals surface area contributed by atoms with E-state index in [1.165, 1.54) is 7.05 Å². The second-order valence-corrected chi connectivity index (χ2v) is 8.58. The lowest BCUT2D eigenvalue weighted by Gasteiger charge is -2.17. The second-order valence-electron chi connectivity index (χ2n) is 5.51. The van der Waals surface area contributed by atoms with Gasteiger partial charge in [0.05, 0.1) is 22.9 Å². The number of likely N-dealkylation sites (N-methyl/N-ethyl adjacent to an activating group) is 1. The number of hydrogen-bond acceptors (Lipinski definition) is 5. The van der Waals surface area contributed by atoms with Crippen LogP contribution in [0.1, 0.15) is 0 Å². The van der Waals surface area contributed by atoms with Gasteiger partial charge in [-0.05, 0) is 36.4 Å². The van der Waals surface area contributed by atoms with E-state index in [4.69, 9.17) is 5.73 Å². The van der Waals surface area contributed by atoms with Crippen LogP contribution >= 0.6 is 11.8 Å². The van der Waals surface area contributed by atoms with Crippen LogP contribution in [0.5, 0.6) is 0 Å². The highest BCUT2D eigenvalue weighted by atomic mass is 32.2. The van der Waals surface area contributed by atoms with Crippen LogP contribution in [0.2, 0.25) is 0 Å². The molecule has 0 aromatic heterocycles. The van der Waals surface area contributed by atoms with Crippen molar-refractivity contribution < 1.29 is 22.4 Å². The van der Waals surface area contributed by atoms with E-state index in [1.54, 1.807) is 24.3 Å². The van der Waals surface area contributed by atoms with E-state index in [1.807, 2.05) is 0 Å². The van der Waals surface area contributed by atoms with Crippen molar-refractivity contribution in [2.75, 3.05) is 24.7 Å². The zero-order valence-electron chi connectivity index (χ0n) is 14.4. The minimum atomic E-state index is -3.94. The fraction of sp³-hybridized carbons (Fsp3) is 0.176. The van der Waals surface area contributed by atoms with Crippen molar-refractivity contribution in [3.8, 4) is 0 Å². The van der Waals surface area contributed by atoms with Crippen molar-refractivity contribution in [3.63, 3.8) is 0 Å². The highest BCUT2D eigenvalue weighted by Crippen LogP contribution is 2.26. The predicted octanol–water partition coefficient (Wildman–Crippen LogP) is 1.66. The number of carbonyl (C=O) groups is 2. The van der Waals surface area contributed by atoms with Crippen molar-refractivity contribution in [2.24, 2.45) is 5.73 Å². The van der Waals surface area contributed by atoms with E-state index in [0.29, 0.717) is 10.6 Å². The van der Waals surface area contributed by atoms with Gasteiger partial charge in [-0.3, -0.25) is 9.59 Å². The number of hydrogen-bond donors (Lipinski definition) is 2. The lowest BCUT2D eigenvalue weighted by Crippen LogP contribution is -2.35. The molecule has 0 fully saturated rings. The van der Waals surface area contributed by atoms with Crippen LogP contribution in [-0.4, -0.2) is 43.9 Å². The van der Waals surface area contributed by atoms with Gasteiger partial charge in [-0.1, -0.05) is 12.1 Å². The maximum Gasteiger partial charge on any atom is 0.243 e. The number of para-hydroxylation sites is 1. The van der Waals surface area contributed by atoms with E-state index in [9.17, 15) is 22.4 Å². The van der Waals surface area contributed by atoms with Crippen LogP contribution in [0, 0.1) is 5.82 Å². The summed E-state index contributed by atoms with van der Waals surface area (Å²) in [5.74, 6) is -1.56. The van der Waals surface area contributed by atoms with Gasteiger partial charge in [0.2, 0.25) is 21.8 Å². The monoisotopic (exact) mass is 411 g/mol. The molecule has 0 radical (unpaired) electrons. The van der Waals surface area contributed by atoms with Gasteiger partial charge in [0.25, 0.3) is 0 Å². The van der Waals surface area contributed by atoms with Gasteiger partial charge < -0.3 is 11.1 Å². The Morgan fingerprint density at radius 1 is 1.15 bits per heavy atom. The molecule has 27 heavy (non-hydrogen) atoms. The van der Waals surface area contributed by atoms with Crippen LogP contribution < -0.4 is 11.1 Å². The lowest BCUT2D eigenvalue weighted by atomic mass is 10.3. The predicted molar refractivity (Wildman–Crippen MR) is 101 cm³/mol. The van der Waals surface area contributed by atoms with E-state index in [0.717, 1.165) is 40.3 Å². The molecule has 2 rings (SSSR count). The molecular formula is C17H18FN3O4S2. The van der Waals surface area contributed by atoms with Gasteiger partial charge in [0.1, 0.15) is 5.82 Å². The number of carbonyl (C=O) groups excluding carboxylic acids is 2. The first kappa shape index (κ1) is 20.9. The van der Waals surface area contributed by atoms with E-state index >= 15 is 0 Å². The summed E-state index contributed by atoms with van der Waals surface area (Å²) >= 11 is 1.16. The van der Waals surface area contributed by atoms with Gasteiger partial charge in [0, 0.05) is 11.9 Å². The third-order valence-electron chi connectivity index (χ3n) is 3.42. The van der Waals surface area contributed by atoms with Crippen LogP contribution in [0.15, 0.2) is 58.3 Å². The molecule has 0 saturated heterocycles. The second kappa shape index (κ2) is 8.98. The van der Waals surface area contributed by atoms with Crippen molar-refractivity contribution >= 4 is 39.3 Å². The molecule has 0 aliphatic rings. The fourth-order valence-electron chi connectivity index (χ4n) is 2.11. The van der Waals surface area contributed by atoms with Crippen molar-refractivity contribution in [1.29, 1.82) is 0 Å². The summed E-state index contributed by atoms with van der Waals surface area (Å²) in [5.41, 5.74) is 5.57. The van der Waals surface area contributed by atoms with Gasteiger partial charge in [-0.15, -0.1) is 11.8 Å². The van der Waals surface area contributed by atoms with Gasteiger partial charge in [-0.2, -0.15) is 4.31 Å². The summed E-state index contributed by atoms with van der Waals surface area (Å²) in [7, 11) is -2.68. The van der Waals surface area contributed by atoms with Gasteiger partial charge in [-0.25, -0.2) is 12.8 Å². The average Bonchev–Trinajstić information content (AvgIpc) is 2.61. The molecule has 144 valence electrons. The van der Waals surface area contributed by atoms with Crippen molar-refractivity contribution in [2.45, 2.75) is 9.79 Å². The van der Waals surface area contributed by atoms with E-state index < -0.39 is 34.2 Å². The molecule has 0 heterocycles. The molecule has 0 bridgehead atoms. The highest BCUT2D eigenvalue weighted by molar-refractivity contribution is 8.00. The quantitative estimate of drug-likeness (QED) is 0.642. The zero-order chi connectivity index (χ0) is 20.0. The summed E-state index contributed by atoms with van der Waals surface area (Å²) in [6, 6.07) is 11.1. The Kier molecular flexibility index (Phi) is 6.94. The van der Waals surface area contributed by atoms with Crippen molar-refractivity contribution in [1.82, 2.24) is 4.31 Å². The summed E-state index contributed by atoms with van der Waals surface area (Å²) < 4.78 is 38.7. The maximum atomic E-state index is 13.0. The summed E-state index contributed by atoms with van der Waals surface area (Å²) in [4.78, 5) is 23.7. The number of halogens is 1. The summed E-state index contributed by atoms with van der Waals surface area (Å²) in [6.45, 7) is -0.436. The number of anilines is 1. The first-order valence-electron chi connectivity index (χ1n) is 7.72. The maximum absolute atomic E-state index is 13.0. The van der Waals surface area contributed by atoms with Crippen LogP contribution in [0.3, 0.4) is 0 Å². The Morgan fingerprint density at radius 2 is 1.78 bits per heavy atom. The Morgan fingerprint density at radius 3 is 2.41 bits per heavy atom. The number of nitrogens with one attached hydrogen (secondary N) is 1. The Bertz CT molecular complexity index is 933. The van der Waals surface area contributed by atoms with E-state index in [-0.39, 0.29) is 10.6 Å². The summed E-state index contributed by atoms with van der Waals surface area (Å²) in [5, 5.41) is 2.62. The number of nitrogens with zero attached hydrogens (tertiary/aromatic N) is 1. The molecule has 0 atom stereocenters. The van der Waals surface area contributed by atoms with Crippen LogP contribution in [0.4, 0.5) is 10.1 Å². The third kappa shape index (κ3) is 5.78. The zero-order valence-corrected chi connectivity index (χ0v) is 16.0. The number of nitrogens with two attached hydrogens (primary N) is 1. The van der Waals surface area contributed by atoms with Crippen LogP contribution in [-0.2, 0) is 19.6 Å². The molecule has 0 saturated carbocycles. The number of primary amides is 1. The number of sulfonamides is 1. The molecule has 7 nitrogen and oxygen atoms in total. The minimum Gasteiger partial charge on any atom is -0.369 e. The molecular weight excluding hydrogens is 393 g/mol. The molecule has 10 heteroatoms. The average molecular weight is 411 g/mol. The standard InChI is InChI=1S/C17H18FN3O4S2/c1-21(27(24,25)13-8-6-12(18)7-9-13)10-17(23)20-14-4-2-3-5-15(14)26-11-16(19)22/h2-9H,10-11H2,1H3,(H2,19,22)(H,20,23). The smallest absolute Gasteiger partial charge is 0.243 e. The SMILES string of the molecule is CN(CC(=O)Nc1ccccc1SCC(N)=O)S(=O)(=O)c1ccc(F)cc1. The lowest BCUT2D eigenvalue weighted by molar-refractivity contribution is -0.116. The largest absolute Gasteiger partial charge is 0.369 e. The fourth-order valence-corrected chi connectivity index (χ4v) is 3.98. The summed E-state index contributed by atoms with van der Waals surface area (Å²) in [6.07, 6.45) is 0. The molecule has 0 spiro atoms. The Hall–Kier alpha value is -2.43. The van der Waals surface area contributed by atoms with E-state index in [2.05, 4.69) is 5.32 Å². The normalized spacial score (nSPS) is 11.4. The number of amides is 2. The number of thioether (sulfide) groups is 1. The number of rotatable bonds is 8. The molecule has 2 aromatic carbocycles. The van der Waals surface area contributed by atoms with Crippen LogP contribution in [0.25, 0.3) is 0 Å². The van der Waals surface area contributed by atoms with Crippen molar-refractivity contribution in [3.05, 3.63) is 54.3 Å². The Labute approximate surface area is 160 Å². The number of benzene rings is 2. The topological polar surface area (TPSA) is 110 Å². The Balaban J connectivity index is 2.07. The molecule has 2 aromatic rings. The molecule has 0 aliphatic heterocycles. The first-order chi connectivity index (χ1) is 12.7. The highest BCUT2D eigenvalue weighted by Gasteiger charge is 2.23. The molecule has 2 amide bonds.